The SMILES string of the molecule is CCCC(Cl)C(=O)NC(C)c1ccccc1. The molecule has 0 heterocycles. The Hall–Kier alpha value is -1.02. The van der Waals surface area contributed by atoms with E-state index in [2.05, 4.69) is 5.32 Å². The van der Waals surface area contributed by atoms with E-state index in [0.717, 1.165) is 18.4 Å². The molecule has 0 fully saturated rings. The summed E-state index contributed by atoms with van der Waals surface area (Å²) in [4.78, 5) is 11.7. The lowest BCUT2D eigenvalue weighted by atomic mass is 10.1. The predicted octanol–water partition coefficient (Wildman–Crippen LogP) is 3.27. The van der Waals surface area contributed by atoms with Crippen LogP contribution in [0, 0.1) is 0 Å². The molecule has 0 spiro atoms. The summed E-state index contributed by atoms with van der Waals surface area (Å²) in [6, 6.07) is 9.87. The van der Waals surface area contributed by atoms with Gasteiger partial charge in [-0.05, 0) is 18.9 Å². The molecule has 2 atom stereocenters. The van der Waals surface area contributed by atoms with Crippen molar-refractivity contribution in [1.82, 2.24) is 5.32 Å². The van der Waals surface area contributed by atoms with Crippen LogP contribution in [0.3, 0.4) is 0 Å². The summed E-state index contributed by atoms with van der Waals surface area (Å²) in [7, 11) is 0. The lowest BCUT2D eigenvalue weighted by Crippen LogP contribution is -2.33. The normalized spacial score (nSPS) is 14.2. The van der Waals surface area contributed by atoms with Crippen LogP contribution in [-0.2, 0) is 4.79 Å². The van der Waals surface area contributed by atoms with E-state index in [9.17, 15) is 4.79 Å². The fourth-order valence-corrected chi connectivity index (χ4v) is 1.79. The molecule has 0 aliphatic carbocycles. The van der Waals surface area contributed by atoms with Crippen LogP contribution in [0.4, 0.5) is 0 Å². The third kappa shape index (κ3) is 3.86. The highest BCUT2D eigenvalue weighted by Gasteiger charge is 2.16. The van der Waals surface area contributed by atoms with Gasteiger partial charge < -0.3 is 5.32 Å². The first-order valence-corrected chi connectivity index (χ1v) is 6.08. The van der Waals surface area contributed by atoms with E-state index in [1.54, 1.807) is 0 Å². The first-order chi connectivity index (χ1) is 7.65. The van der Waals surface area contributed by atoms with Crippen molar-refractivity contribution in [2.24, 2.45) is 0 Å². The molecule has 1 aromatic rings. The van der Waals surface area contributed by atoms with Crippen LogP contribution >= 0.6 is 11.6 Å². The van der Waals surface area contributed by atoms with Gasteiger partial charge in [0.05, 0.1) is 6.04 Å². The summed E-state index contributed by atoms with van der Waals surface area (Å²) >= 11 is 5.95. The number of hydrogen-bond acceptors (Lipinski definition) is 1. The number of benzene rings is 1. The molecule has 0 aromatic heterocycles. The second-order valence-electron chi connectivity index (χ2n) is 3.90. The largest absolute Gasteiger partial charge is 0.348 e. The molecular formula is C13H18ClNO. The van der Waals surface area contributed by atoms with Gasteiger partial charge in [0.1, 0.15) is 5.38 Å². The zero-order valence-corrected chi connectivity index (χ0v) is 10.5. The van der Waals surface area contributed by atoms with E-state index < -0.39 is 5.38 Å². The van der Waals surface area contributed by atoms with Gasteiger partial charge in [0.25, 0.3) is 0 Å². The van der Waals surface area contributed by atoms with Gasteiger partial charge in [-0.3, -0.25) is 4.79 Å². The Morgan fingerprint density at radius 1 is 1.38 bits per heavy atom. The monoisotopic (exact) mass is 239 g/mol. The molecule has 0 saturated heterocycles. The van der Waals surface area contributed by atoms with Gasteiger partial charge in [0.2, 0.25) is 5.91 Å². The maximum absolute atomic E-state index is 11.7. The van der Waals surface area contributed by atoms with Gasteiger partial charge in [-0.2, -0.15) is 0 Å². The minimum Gasteiger partial charge on any atom is -0.348 e. The molecular weight excluding hydrogens is 222 g/mol. The van der Waals surface area contributed by atoms with Crippen LogP contribution in [0.5, 0.6) is 0 Å². The Balaban J connectivity index is 2.51. The standard InChI is InChI=1S/C13H18ClNO/c1-3-7-12(14)13(16)15-10(2)11-8-5-4-6-9-11/h4-6,8-10,12H,3,7H2,1-2H3,(H,15,16). The van der Waals surface area contributed by atoms with Crippen molar-refractivity contribution in [3.8, 4) is 0 Å². The first-order valence-electron chi connectivity index (χ1n) is 5.64. The number of halogens is 1. The number of amides is 1. The molecule has 88 valence electrons. The van der Waals surface area contributed by atoms with Crippen LogP contribution in [-0.4, -0.2) is 11.3 Å². The van der Waals surface area contributed by atoms with E-state index >= 15 is 0 Å². The zero-order chi connectivity index (χ0) is 12.0. The Bertz CT molecular complexity index is 326. The molecule has 1 N–H and O–H groups in total. The predicted molar refractivity (Wildman–Crippen MR) is 67.5 cm³/mol. The lowest BCUT2D eigenvalue weighted by molar-refractivity contribution is -0.121. The fraction of sp³-hybridized carbons (Fsp3) is 0.462. The number of alkyl halides is 1. The second kappa shape index (κ2) is 6.54. The molecule has 16 heavy (non-hydrogen) atoms. The summed E-state index contributed by atoms with van der Waals surface area (Å²) < 4.78 is 0. The second-order valence-corrected chi connectivity index (χ2v) is 4.42. The Kier molecular flexibility index (Phi) is 5.33. The first kappa shape index (κ1) is 13.0. The molecule has 1 rings (SSSR count). The van der Waals surface area contributed by atoms with Crippen molar-refractivity contribution in [3.05, 3.63) is 35.9 Å². The molecule has 2 unspecified atom stereocenters. The Morgan fingerprint density at radius 3 is 2.56 bits per heavy atom. The molecule has 0 bridgehead atoms. The van der Waals surface area contributed by atoms with Gasteiger partial charge in [-0.1, -0.05) is 43.7 Å². The summed E-state index contributed by atoms with van der Waals surface area (Å²) in [5.74, 6) is -0.0835. The number of hydrogen-bond donors (Lipinski definition) is 1. The highest BCUT2D eigenvalue weighted by Crippen LogP contribution is 2.13. The van der Waals surface area contributed by atoms with Crippen molar-refractivity contribution in [2.75, 3.05) is 0 Å². The van der Waals surface area contributed by atoms with Crippen molar-refractivity contribution >= 4 is 17.5 Å². The van der Waals surface area contributed by atoms with Gasteiger partial charge >= 0.3 is 0 Å². The Morgan fingerprint density at radius 2 is 2.00 bits per heavy atom. The minimum atomic E-state index is -0.420. The quantitative estimate of drug-likeness (QED) is 0.785. The fourth-order valence-electron chi connectivity index (χ4n) is 1.51. The van der Waals surface area contributed by atoms with Crippen LogP contribution in [0.1, 0.15) is 38.3 Å². The van der Waals surface area contributed by atoms with E-state index in [0.29, 0.717) is 0 Å². The van der Waals surface area contributed by atoms with Gasteiger partial charge in [-0.25, -0.2) is 0 Å². The number of rotatable bonds is 5. The summed E-state index contributed by atoms with van der Waals surface area (Å²) in [5, 5.41) is 2.49. The molecule has 0 aliphatic rings. The summed E-state index contributed by atoms with van der Waals surface area (Å²) in [5.41, 5.74) is 1.09. The van der Waals surface area contributed by atoms with Crippen molar-refractivity contribution in [1.29, 1.82) is 0 Å². The van der Waals surface area contributed by atoms with Crippen LogP contribution in [0.15, 0.2) is 30.3 Å². The highest BCUT2D eigenvalue weighted by atomic mass is 35.5. The van der Waals surface area contributed by atoms with Gasteiger partial charge in [0.15, 0.2) is 0 Å². The third-order valence-corrected chi connectivity index (χ3v) is 2.90. The molecule has 2 nitrogen and oxygen atoms in total. The van der Waals surface area contributed by atoms with E-state index in [1.807, 2.05) is 44.2 Å². The minimum absolute atomic E-state index is 0.00630. The molecule has 0 saturated carbocycles. The molecule has 0 radical (unpaired) electrons. The van der Waals surface area contributed by atoms with E-state index in [1.165, 1.54) is 0 Å². The van der Waals surface area contributed by atoms with Crippen molar-refractivity contribution in [3.63, 3.8) is 0 Å². The molecule has 1 aromatic carbocycles. The smallest absolute Gasteiger partial charge is 0.238 e. The van der Waals surface area contributed by atoms with E-state index in [-0.39, 0.29) is 11.9 Å². The van der Waals surface area contributed by atoms with Crippen LogP contribution in [0.2, 0.25) is 0 Å². The number of carbonyl (C=O) groups excluding carboxylic acids is 1. The zero-order valence-electron chi connectivity index (χ0n) is 9.74. The maximum Gasteiger partial charge on any atom is 0.238 e. The average Bonchev–Trinajstić information content (AvgIpc) is 2.30. The number of nitrogens with one attached hydrogen (secondary N) is 1. The molecule has 3 heteroatoms. The molecule has 1 amide bonds. The van der Waals surface area contributed by atoms with Crippen LogP contribution < -0.4 is 5.32 Å². The maximum atomic E-state index is 11.7. The summed E-state index contributed by atoms with van der Waals surface area (Å²) in [6.45, 7) is 3.98. The summed E-state index contributed by atoms with van der Waals surface area (Å²) in [6.07, 6.45) is 1.64. The van der Waals surface area contributed by atoms with Crippen molar-refractivity contribution in [2.45, 2.75) is 38.1 Å². The van der Waals surface area contributed by atoms with Crippen molar-refractivity contribution < 1.29 is 4.79 Å². The van der Waals surface area contributed by atoms with Crippen LogP contribution in [0.25, 0.3) is 0 Å². The highest BCUT2D eigenvalue weighted by molar-refractivity contribution is 6.30. The average molecular weight is 240 g/mol. The third-order valence-electron chi connectivity index (χ3n) is 2.48. The lowest BCUT2D eigenvalue weighted by Gasteiger charge is -2.16. The number of carbonyl (C=O) groups is 1. The van der Waals surface area contributed by atoms with Gasteiger partial charge in [0, 0.05) is 0 Å². The Labute approximate surface area is 102 Å². The topological polar surface area (TPSA) is 29.1 Å². The van der Waals surface area contributed by atoms with E-state index in [4.69, 9.17) is 11.6 Å². The molecule has 0 aliphatic heterocycles. The van der Waals surface area contributed by atoms with Gasteiger partial charge in [-0.15, -0.1) is 11.6 Å².